The molecule has 66 valence electrons. The second-order valence-corrected chi connectivity index (χ2v) is 3.09. The quantitative estimate of drug-likeness (QED) is 0.665. The van der Waals surface area contributed by atoms with E-state index in [2.05, 4.69) is 0 Å². The summed E-state index contributed by atoms with van der Waals surface area (Å²) in [6, 6.07) is 0. The van der Waals surface area contributed by atoms with Gasteiger partial charge in [0, 0.05) is 12.0 Å². The number of hydrogen-bond acceptors (Lipinski definition) is 2. The highest BCUT2D eigenvalue weighted by Crippen LogP contribution is 2.31. The van der Waals surface area contributed by atoms with Crippen LogP contribution in [0.4, 0.5) is 0 Å². The molecule has 0 saturated heterocycles. The molecule has 0 aromatic heterocycles. The maximum Gasteiger partial charge on any atom is 0.131 e. The minimum absolute atomic E-state index is 0.105. The molecule has 1 rings (SSSR count). The maximum absolute atomic E-state index is 10.6. The third-order valence-electron chi connectivity index (χ3n) is 1.95. The molecule has 1 aliphatic rings. The van der Waals surface area contributed by atoms with Crippen LogP contribution in [-0.2, 0) is 4.79 Å². The van der Waals surface area contributed by atoms with Gasteiger partial charge in [0.2, 0.25) is 0 Å². The number of hydrogen-bond donors (Lipinski definition) is 1. The molecule has 0 amide bonds. The van der Waals surface area contributed by atoms with E-state index in [1.165, 1.54) is 6.42 Å². The van der Waals surface area contributed by atoms with Gasteiger partial charge in [-0.3, -0.25) is 4.79 Å². The van der Waals surface area contributed by atoms with Crippen LogP contribution in [0.5, 0.6) is 0 Å². The van der Waals surface area contributed by atoms with E-state index in [-0.39, 0.29) is 11.3 Å². The number of nitrogens with two attached hydrogens (primary N) is 1. The Balaban J connectivity index is 0.000000461. The van der Waals surface area contributed by atoms with Gasteiger partial charge >= 0.3 is 0 Å². The minimum atomic E-state index is -0.105. The second kappa shape index (κ2) is 4.50. The van der Waals surface area contributed by atoms with Gasteiger partial charge in [0.25, 0.3) is 0 Å². The summed E-state index contributed by atoms with van der Waals surface area (Å²) >= 11 is 0. The van der Waals surface area contributed by atoms with Crippen LogP contribution in [0.2, 0.25) is 0 Å². The van der Waals surface area contributed by atoms with Crippen molar-refractivity contribution >= 4 is 5.78 Å². The van der Waals surface area contributed by atoms with Crippen molar-refractivity contribution in [1.82, 2.24) is 0 Å². The molecule has 2 nitrogen and oxygen atoms in total. The number of carbonyl (C=O) groups is 1. The van der Waals surface area contributed by atoms with Crippen LogP contribution < -0.4 is 5.73 Å². The van der Waals surface area contributed by atoms with Crippen LogP contribution in [0, 0.1) is 0 Å². The Bertz CT molecular complexity index is 128. The Hall–Kier alpha value is -0.370. The van der Waals surface area contributed by atoms with E-state index in [0.717, 1.165) is 12.8 Å². The fraction of sp³-hybridized carbons (Fsp3) is 0.889. The average Bonchev–Trinajstić information content (AvgIpc) is 1.88. The normalized spacial score (nSPS) is 19.3. The molecule has 1 saturated carbocycles. The molecule has 2 N–H and O–H groups in total. The summed E-state index contributed by atoms with van der Waals surface area (Å²) in [5.74, 6) is 0.220. The molecule has 1 aliphatic carbocycles. The summed E-state index contributed by atoms with van der Waals surface area (Å²) in [5, 5.41) is 0. The van der Waals surface area contributed by atoms with Crippen molar-refractivity contribution in [3.8, 4) is 0 Å². The topological polar surface area (TPSA) is 43.1 Å². The molecule has 0 radical (unpaired) electrons. The van der Waals surface area contributed by atoms with Crippen LogP contribution in [-0.4, -0.2) is 11.3 Å². The third kappa shape index (κ3) is 3.51. The van der Waals surface area contributed by atoms with Crippen molar-refractivity contribution in [1.29, 1.82) is 0 Å². The van der Waals surface area contributed by atoms with Gasteiger partial charge in [-0.05, 0) is 26.2 Å². The van der Waals surface area contributed by atoms with Crippen molar-refractivity contribution < 1.29 is 4.79 Å². The first-order valence-corrected chi connectivity index (χ1v) is 4.41. The highest BCUT2D eigenvalue weighted by atomic mass is 16.1. The zero-order valence-corrected chi connectivity index (χ0v) is 7.81. The van der Waals surface area contributed by atoms with E-state index in [4.69, 9.17) is 5.73 Å². The van der Waals surface area contributed by atoms with Crippen LogP contribution in [0.25, 0.3) is 0 Å². The number of carbonyl (C=O) groups excluding carboxylic acids is 1. The molecule has 0 spiro atoms. The molecule has 0 aromatic carbocycles. The summed E-state index contributed by atoms with van der Waals surface area (Å²) < 4.78 is 0. The van der Waals surface area contributed by atoms with Crippen molar-refractivity contribution in [3.63, 3.8) is 0 Å². The fourth-order valence-corrected chi connectivity index (χ4v) is 1.30. The lowest BCUT2D eigenvalue weighted by Gasteiger charge is -2.37. The third-order valence-corrected chi connectivity index (χ3v) is 1.95. The van der Waals surface area contributed by atoms with Gasteiger partial charge in [0.1, 0.15) is 5.78 Å². The molecule has 1 fully saturated rings. The molecule has 2 heteroatoms. The minimum Gasteiger partial charge on any atom is -0.325 e. The second-order valence-electron chi connectivity index (χ2n) is 3.09. The van der Waals surface area contributed by atoms with Crippen molar-refractivity contribution in [2.24, 2.45) is 5.73 Å². The molecule has 11 heavy (non-hydrogen) atoms. The maximum atomic E-state index is 10.6. The van der Waals surface area contributed by atoms with Gasteiger partial charge in [0.05, 0.1) is 0 Å². The van der Waals surface area contributed by atoms with Gasteiger partial charge < -0.3 is 5.73 Å². The van der Waals surface area contributed by atoms with E-state index in [1.807, 2.05) is 13.8 Å². The summed E-state index contributed by atoms with van der Waals surface area (Å²) in [6.45, 7) is 5.60. The monoisotopic (exact) mass is 157 g/mol. The fourth-order valence-electron chi connectivity index (χ4n) is 1.30. The number of ketones is 1. The molecule has 0 atom stereocenters. The summed E-state index contributed by atoms with van der Waals surface area (Å²) in [6.07, 6.45) is 3.84. The summed E-state index contributed by atoms with van der Waals surface area (Å²) in [7, 11) is 0. The predicted octanol–water partition coefficient (Wildman–Crippen LogP) is 1.87. The van der Waals surface area contributed by atoms with E-state index in [1.54, 1.807) is 6.92 Å². The SMILES string of the molecule is CC.CC(=O)CC1(N)CCC1. The molecule has 0 bridgehead atoms. The first-order chi connectivity index (χ1) is 5.12. The van der Waals surface area contributed by atoms with Crippen LogP contribution in [0.3, 0.4) is 0 Å². The Morgan fingerprint density at radius 2 is 1.91 bits per heavy atom. The van der Waals surface area contributed by atoms with Crippen molar-refractivity contribution in [2.75, 3.05) is 0 Å². The number of rotatable bonds is 2. The van der Waals surface area contributed by atoms with Crippen LogP contribution >= 0.6 is 0 Å². The average molecular weight is 157 g/mol. The van der Waals surface area contributed by atoms with Crippen LogP contribution in [0.15, 0.2) is 0 Å². The summed E-state index contributed by atoms with van der Waals surface area (Å²) in [5.41, 5.74) is 5.68. The Morgan fingerprint density at radius 1 is 1.45 bits per heavy atom. The molecule has 0 aliphatic heterocycles. The van der Waals surface area contributed by atoms with Crippen molar-refractivity contribution in [2.45, 2.75) is 52.0 Å². The summed E-state index contributed by atoms with van der Waals surface area (Å²) in [4.78, 5) is 10.6. The highest BCUT2D eigenvalue weighted by molar-refractivity contribution is 5.76. The largest absolute Gasteiger partial charge is 0.325 e. The van der Waals surface area contributed by atoms with Crippen molar-refractivity contribution in [3.05, 3.63) is 0 Å². The Labute approximate surface area is 69.2 Å². The van der Waals surface area contributed by atoms with Gasteiger partial charge in [0.15, 0.2) is 0 Å². The van der Waals surface area contributed by atoms with Crippen LogP contribution in [0.1, 0.15) is 46.5 Å². The van der Waals surface area contributed by atoms with E-state index in [9.17, 15) is 4.79 Å². The first-order valence-electron chi connectivity index (χ1n) is 4.41. The first kappa shape index (κ1) is 10.6. The van der Waals surface area contributed by atoms with Gasteiger partial charge in [-0.15, -0.1) is 0 Å². The Kier molecular flexibility index (Phi) is 4.34. The molecule has 0 aromatic rings. The smallest absolute Gasteiger partial charge is 0.131 e. The molecule has 0 heterocycles. The Morgan fingerprint density at radius 3 is 2.00 bits per heavy atom. The van der Waals surface area contributed by atoms with Gasteiger partial charge in [-0.25, -0.2) is 0 Å². The zero-order chi connectivity index (χ0) is 8.91. The lowest BCUT2D eigenvalue weighted by molar-refractivity contribution is -0.118. The number of Topliss-reactive ketones (excluding diaryl/α,β-unsaturated/α-hetero) is 1. The zero-order valence-electron chi connectivity index (χ0n) is 7.81. The van der Waals surface area contributed by atoms with Gasteiger partial charge in [-0.2, -0.15) is 0 Å². The predicted molar refractivity (Wildman–Crippen MR) is 47.4 cm³/mol. The van der Waals surface area contributed by atoms with E-state index in [0.29, 0.717) is 6.42 Å². The lowest BCUT2D eigenvalue weighted by Crippen LogP contribution is -2.47. The van der Waals surface area contributed by atoms with Gasteiger partial charge in [-0.1, -0.05) is 13.8 Å². The molecular formula is C9H19NO. The molecular weight excluding hydrogens is 138 g/mol. The lowest BCUT2D eigenvalue weighted by atomic mass is 9.74. The standard InChI is InChI=1S/C7H13NO.C2H6/c1-6(9)5-7(8)3-2-4-7;1-2/h2-5,8H2,1H3;1-2H3. The van der Waals surface area contributed by atoms with E-state index >= 15 is 0 Å². The highest BCUT2D eigenvalue weighted by Gasteiger charge is 2.33. The molecule has 0 unspecified atom stereocenters. The van der Waals surface area contributed by atoms with E-state index < -0.39 is 0 Å².